The third-order valence-corrected chi connectivity index (χ3v) is 4.83. The number of fused-ring (bicyclic) bond motifs is 1. The lowest BCUT2D eigenvalue weighted by Crippen LogP contribution is -2.47. The summed E-state index contributed by atoms with van der Waals surface area (Å²) in [6.45, 7) is 0.246. The molecule has 2 saturated heterocycles. The molecule has 0 aliphatic carbocycles. The van der Waals surface area contributed by atoms with Crippen LogP contribution in [0, 0.1) is 0 Å². The van der Waals surface area contributed by atoms with Crippen LogP contribution in [-0.4, -0.2) is 32.0 Å². The van der Waals surface area contributed by atoms with Gasteiger partial charge >= 0.3 is 0 Å². The van der Waals surface area contributed by atoms with Gasteiger partial charge in [0.25, 0.3) is 10.1 Å². The highest BCUT2D eigenvalue weighted by Crippen LogP contribution is 2.46. The molecule has 5 heteroatoms. The van der Waals surface area contributed by atoms with Crippen molar-refractivity contribution in [3.05, 3.63) is 12.2 Å². The average Bonchev–Trinajstić information content (AvgIpc) is 2.59. The fraction of sp³-hybridized carbons (Fsp3) is 0.750. The molecule has 2 bridgehead atoms. The van der Waals surface area contributed by atoms with Crippen LogP contribution in [0.2, 0.25) is 0 Å². The second-order valence-corrected chi connectivity index (χ2v) is 5.55. The van der Waals surface area contributed by atoms with Gasteiger partial charge in [0.1, 0.15) is 10.9 Å². The average molecular weight is 202 g/mol. The van der Waals surface area contributed by atoms with E-state index in [9.17, 15) is 8.42 Å². The summed E-state index contributed by atoms with van der Waals surface area (Å²) >= 11 is 0. The van der Waals surface area contributed by atoms with E-state index in [1.807, 2.05) is 12.2 Å². The van der Waals surface area contributed by atoms with Gasteiger partial charge in [0.2, 0.25) is 0 Å². The maximum atomic E-state index is 11.5. The van der Waals surface area contributed by atoms with Crippen molar-refractivity contribution in [2.45, 2.75) is 29.8 Å². The molecule has 0 N–H and O–H groups in total. The van der Waals surface area contributed by atoms with E-state index in [1.165, 1.54) is 0 Å². The lowest BCUT2D eigenvalue weighted by Gasteiger charge is -2.33. The van der Waals surface area contributed by atoms with Crippen LogP contribution in [0.3, 0.4) is 0 Å². The molecule has 3 atom stereocenters. The van der Waals surface area contributed by atoms with E-state index >= 15 is 0 Å². The van der Waals surface area contributed by atoms with E-state index in [-0.39, 0.29) is 12.7 Å². The lowest BCUT2D eigenvalue weighted by atomic mass is 9.91. The van der Waals surface area contributed by atoms with E-state index in [4.69, 9.17) is 8.92 Å². The first kappa shape index (κ1) is 7.96. The Morgan fingerprint density at radius 2 is 2.31 bits per heavy atom. The van der Waals surface area contributed by atoms with Gasteiger partial charge in [-0.25, -0.2) is 0 Å². The molecule has 3 aliphatic rings. The Labute approximate surface area is 76.6 Å². The summed E-state index contributed by atoms with van der Waals surface area (Å²) in [6.07, 6.45) is 5.05. The van der Waals surface area contributed by atoms with Crippen molar-refractivity contribution in [3.63, 3.8) is 0 Å². The van der Waals surface area contributed by atoms with Crippen molar-refractivity contribution in [3.8, 4) is 0 Å². The molecular formula is C8H10O4S. The number of hydrogen-bond donors (Lipinski definition) is 0. The van der Waals surface area contributed by atoms with E-state index < -0.39 is 21.0 Å². The third kappa shape index (κ3) is 0.895. The summed E-state index contributed by atoms with van der Waals surface area (Å²) in [7, 11) is -3.38. The standard InChI is InChI=1S/C8H10O4S/c9-13(10)7-5-6-1-2-8(7,12-6)3-4-11-13/h1-2,6-7H,3-5H2/t6-,7-,8-/m1/s1. The summed E-state index contributed by atoms with van der Waals surface area (Å²) in [5.41, 5.74) is -0.554. The Hall–Kier alpha value is -0.390. The van der Waals surface area contributed by atoms with Gasteiger partial charge in [-0.05, 0) is 6.42 Å². The molecule has 0 aromatic carbocycles. The first-order valence-corrected chi connectivity index (χ1v) is 5.85. The van der Waals surface area contributed by atoms with Crippen LogP contribution in [0.1, 0.15) is 12.8 Å². The van der Waals surface area contributed by atoms with Gasteiger partial charge in [0.05, 0.1) is 12.7 Å². The summed E-state index contributed by atoms with van der Waals surface area (Å²) in [4.78, 5) is 0. The van der Waals surface area contributed by atoms with Crippen molar-refractivity contribution < 1.29 is 17.3 Å². The highest BCUT2D eigenvalue weighted by atomic mass is 32.2. The van der Waals surface area contributed by atoms with Crippen LogP contribution in [0.15, 0.2) is 12.2 Å². The SMILES string of the molecule is O=S1(=O)OCC[C@]23C=C[C@H](C[C@H]21)O3. The molecule has 0 aromatic rings. The maximum Gasteiger partial charge on any atom is 0.273 e. The van der Waals surface area contributed by atoms with Gasteiger partial charge in [-0.2, -0.15) is 8.42 Å². The first-order chi connectivity index (χ1) is 6.12. The van der Waals surface area contributed by atoms with E-state index in [1.54, 1.807) is 0 Å². The van der Waals surface area contributed by atoms with Gasteiger partial charge < -0.3 is 4.74 Å². The number of rotatable bonds is 0. The predicted octanol–water partition coefficient (Wildman–Crippen LogP) is 0.203. The molecule has 3 rings (SSSR count). The molecular weight excluding hydrogens is 192 g/mol. The van der Waals surface area contributed by atoms with Crippen LogP contribution >= 0.6 is 0 Å². The molecule has 0 amide bonds. The molecule has 0 radical (unpaired) electrons. The molecule has 3 aliphatic heterocycles. The lowest BCUT2D eigenvalue weighted by molar-refractivity contribution is 0.00908. The molecule has 2 fully saturated rings. The minimum absolute atomic E-state index is 0.0125. The topological polar surface area (TPSA) is 52.6 Å². The summed E-state index contributed by atoms with van der Waals surface area (Å²) in [5.74, 6) is 0. The highest BCUT2D eigenvalue weighted by Gasteiger charge is 2.58. The van der Waals surface area contributed by atoms with Gasteiger partial charge in [0.15, 0.2) is 0 Å². The Kier molecular flexibility index (Phi) is 1.32. The van der Waals surface area contributed by atoms with Crippen molar-refractivity contribution in [2.75, 3.05) is 6.61 Å². The quantitative estimate of drug-likeness (QED) is 0.416. The molecule has 0 saturated carbocycles. The van der Waals surface area contributed by atoms with Crippen molar-refractivity contribution in [1.29, 1.82) is 0 Å². The van der Waals surface area contributed by atoms with Crippen molar-refractivity contribution in [2.24, 2.45) is 0 Å². The van der Waals surface area contributed by atoms with E-state index in [0.717, 1.165) is 0 Å². The third-order valence-electron chi connectivity index (χ3n) is 3.04. The van der Waals surface area contributed by atoms with Gasteiger partial charge in [-0.3, -0.25) is 4.18 Å². The maximum absolute atomic E-state index is 11.5. The minimum Gasteiger partial charge on any atom is -0.362 e. The van der Waals surface area contributed by atoms with E-state index in [0.29, 0.717) is 12.8 Å². The normalized spacial score (nSPS) is 50.8. The Bertz CT molecular complexity index is 372. The molecule has 13 heavy (non-hydrogen) atoms. The van der Waals surface area contributed by atoms with Gasteiger partial charge in [0, 0.05) is 6.42 Å². The smallest absolute Gasteiger partial charge is 0.273 e. The molecule has 3 heterocycles. The Morgan fingerprint density at radius 1 is 1.46 bits per heavy atom. The van der Waals surface area contributed by atoms with Gasteiger partial charge in [-0.1, -0.05) is 12.2 Å². The van der Waals surface area contributed by atoms with Crippen LogP contribution in [0.4, 0.5) is 0 Å². The molecule has 0 unspecified atom stereocenters. The Morgan fingerprint density at radius 3 is 3.00 bits per heavy atom. The first-order valence-electron chi connectivity index (χ1n) is 4.38. The summed E-state index contributed by atoms with van der Waals surface area (Å²) < 4.78 is 33.4. The molecule has 72 valence electrons. The zero-order chi connectivity index (χ0) is 9.10. The van der Waals surface area contributed by atoms with Crippen LogP contribution < -0.4 is 0 Å². The van der Waals surface area contributed by atoms with Crippen molar-refractivity contribution in [1.82, 2.24) is 0 Å². The fourth-order valence-electron chi connectivity index (χ4n) is 2.42. The summed E-state index contributed by atoms with van der Waals surface area (Å²) in [5, 5.41) is -0.469. The fourth-order valence-corrected chi connectivity index (χ4v) is 4.06. The molecule has 0 aromatic heterocycles. The van der Waals surface area contributed by atoms with E-state index in [2.05, 4.69) is 0 Å². The second kappa shape index (κ2) is 2.16. The van der Waals surface area contributed by atoms with Crippen molar-refractivity contribution >= 4 is 10.1 Å². The zero-order valence-corrected chi connectivity index (χ0v) is 7.79. The minimum atomic E-state index is -3.38. The second-order valence-electron chi connectivity index (χ2n) is 3.76. The molecule has 4 nitrogen and oxygen atoms in total. The summed E-state index contributed by atoms with van der Waals surface area (Å²) in [6, 6.07) is 0. The highest BCUT2D eigenvalue weighted by molar-refractivity contribution is 7.87. The monoisotopic (exact) mass is 202 g/mol. The Balaban J connectivity index is 2.11. The van der Waals surface area contributed by atoms with Crippen LogP contribution in [0.5, 0.6) is 0 Å². The number of hydrogen-bond acceptors (Lipinski definition) is 4. The zero-order valence-electron chi connectivity index (χ0n) is 6.97. The van der Waals surface area contributed by atoms with Crippen LogP contribution in [0.25, 0.3) is 0 Å². The largest absolute Gasteiger partial charge is 0.362 e. The van der Waals surface area contributed by atoms with Gasteiger partial charge in [-0.15, -0.1) is 0 Å². The molecule has 1 spiro atoms. The number of ether oxygens (including phenoxy) is 1. The van der Waals surface area contributed by atoms with Crippen LogP contribution in [-0.2, 0) is 19.0 Å². The predicted molar refractivity (Wildman–Crippen MR) is 44.6 cm³/mol.